The summed E-state index contributed by atoms with van der Waals surface area (Å²) in [5.74, 6) is 1.28. The maximum atomic E-state index is 13.3. The van der Waals surface area contributed by atoms with Gasteiger partial charge in [-0.15, -0.1) is 0 Å². The van der Waals surface area contributed by atoms with Gasteiger partial charge in [-0.2, -0.15) is 0 Å². The third-order valence-corrected chi connectivity index (χ3v) is 7.25. The van der Waals surface area contributed by atoms with Crippen molar-refractivity contribution in [1.29, 1.82) is 0 Å². The van der Waals surface area contributed by atoms with Crippen LogP contribution in [-0.2, 0) is 11.8 Å². The molecule has 4 nitrogen and oxygen atoms in total. The van der Waals surface area contributed by atoms with Gasteiger partial charge >= 0.3 is 0 Å². The maximum Gasteiger partial charge on any atom is 0.180 e. The van der Waals surface area contributed by atoms with Crippen LogP contribution in [0.25, 0.3) is 0 Å². The highest BCUT2D eigenvalue weighted by Gasteiger charge is 2.52. The third-order valence-electron chi connectivity index (χ3n) is 7.25. The summed E-state index contributed by atoms with van der Waals surface area (Å²) < 4.78 is 0. The fourth-order valence-corrected chi connectivity index (χ4v) is 5.10. The molecule has 0 spiro atoms. The second-order valence-corrected chi connectivity index (χ2v) is 9.02. The van der Waals surface area contributed by atoms with Gasteiger partial charge in [-0.1, -0.05) is 32.0 Å². The van der Waals surface area contributed by atoms with Crippen LogP contribution in [0.3, 0.4) is 0 Å². The van der Waals surface area contributed by atoms with Gasteiger partial charge in [0.1, 0.15) is 0 Å². The molecule has 2 fully saturated rings. The van der Waals surface area contributed by atoms with Crippen LogP contribution in [0.2, 0.25) is 0 Å². The zero-order chi connectivity index (χ0) is 18.5. The molecule has 0 radical (unpaired) electrons. The number of aliphatic hydroxyl groups is 2. The lowest BCUT2D eigenvalue weighted by Crippen LogP contribution is -2.61. The van der Waals surface area contributed by atoms with Crippen LogP contribution in [0.5, 0.6) is 0 Å². The lowest BCUT2D eigenvalue weighted by molar-refractivity contribution is 0.0265. The fourth-order valence-electron chi connectivity index (χ4n) is 5.10. The van der Waals surface area contributed by atoms with Crippen molar-refractivity contribution in [1.82, 2.24) is 4.90 Å². The van der Waals surface area contributed by atoms with E-state index in [2.05, 4.69) is 24.8 Å². The Morgan fingerprint density at radius 1 is 1.27 bits per heavy atom. The molecule has 4 heteroatoms. The molecular weight excluding hydrogens is 326 g/mol. The Bertz CT molecular complexity index is 695. The first-order chi connectivity index (χ1) is 12.5. The molecule has 0 amide bonds. The van der Waals surface area contributed by atoms with Crippen molar-refractivity contribution >= 4 is 5.78 Å². The van der Waals surface area contributed by atoms with Crippen LogP contribution in [-0.4, -0.2) is 53.2 Å². The van der Waals surface area contributed by atoms with Gasteiger partial charge in [-0.25, -0.2) is 0 Å². The van der Waals surface area contributed by atoms with Crippen molar-refractivity contribution < 1.29 is 15.0 Å². The largest absolute Gasteiger partial charge is 0.396 e. The Balaban J connectivity index is 1.68. The van der Waals surface area contributed by atoms with Crippen LogP contribution >= 0.6 is 0 Å². The number of aliphatic hydroxyl groups excluding tert-OH is 2. The predicted octanol–water partition coefficient (Wildman–Crippen LogP) is 2.40. The molecule has 4 rings (SSSR count). The van der Waals surface area contributed by atoms with Crippen molar-refractivity contribution in [2.24, 2.45) is 17.8 Å². The number of carbonyl (C=O) groups is 1. The van der Waals surface area contributed by atoms with Gasteiger partial charge in [0, 0.05) is 31.2 Å². The molecule has 1 saturated carbocycles. The van der Waals surface area contributed by atoms with Gasteiger partial charge in [0.15, 0.2) is 5.78 Å². The number of likely N-dealkylation sites (tertiary alicyclic amines) is 1. The van der Waals surface area contributed by atoms with Crippen molar-refractivity contribution in [2.45, 2.75) is 51.0 Å². The fraction of sp³-hybridized carbons (Fsp3) is 0.682. The Morgan fingerprint density at radius 2 is 2.00 bits per heavy atom. The van der Waals surface area contributed by atoms with Gasteiger partial charge in [0.25, 0.3) is 0 Å². The number of fused-ring (bicyclic) bond motifs is 4. The molecule has 3 atom stereocenters. The summed E-state index contributed by atoms with van der Waals surface area (Å²) in [4.78, 5) is 15.8. The van der Waals surface area contributed by atoms with Gasteiger partial charge < -0.3 is 10.2 Å². The van der Waals surface area contributed by atoms with E-state index in [-0.39, 0.29) is 36.4 Å². The van der Waals surface area contributed by atoms with Crippen LogP contribution in [0, 0.1) is 17.8 Å². The molecule has 2 aliphatic carbocycles. The Morgan fingerprint density at radius 3 is 2.65 bits per heavy atom. The Labute approximate surface area is 156 Å². The zero-order valence-corrected chi connectivity index (χ0v) is 15.9. The summed E-state index contributed by atoms with van der Waals surface area (Å²) in [6.45, 7) is 6.63. The first-order valence-electron chi connectivity index (χ1n) is 10.1. The molecule has 1 saturated heterocycles. The molecule has 3 aliphatic rings. The molecular formula is C22H31NO3. The van der Waals surface area contributed by atoms with Gasteiger partial charge in [-0.05, 0) is 60.6 Å². The Hall–Kier alpha value is -1.23. The number of Topliss-reactive ketones (excluding diaryl/α,β-unsaturated/α-hetero) is 1. The predicted molar refractivity (Wildman–Crippen MR) is 101 cm³/mol. The highest BCUT2D eigenvalue weighted by atomic mass is 16.3. The molecule has 0 aromatic heterocycles. The quantitative estimate of drug-likeness (QED) is 0.821. The van der Waals surface area contributed by atoms with Crippen LogP contribution in [0.15, 0.2) is 18.2 Å². The monoisotopic (exact) mass is 357 g/mol. The van der Waals surface area contributed by atoms with E-state index in [0.29, 0.717) is 12.3 Å². The summed E-state index contributed by atoms with van der Waals surface area (Å²) in [7, 11) is 0. The van der Waals surface area contributed by atoms with E-state index >= 15 is 0 Å². The molecule has 2 N–H and O–H groups in total. The molecule has 2 bridgehead atoms. The summed E-state index contributed by atoms with van der Waals surface area (Å²) in [5, 5.41) is 18.8. The minimum atomic E-state index is -0.134. The second-order valence-electron chi connectivity index (χ2n) is 9.02. The van der Waals surface area contributed by atoms with Gasteiger partial charge in [0.2, 0.25) is 0 Å². The molecule has 142 valence electrons. The second kappa shape index (κ2) is 6.74. The molecule has 1 aromatic rings. The third kappa shape index (κ3) is 2.92. The van der Waals surface area contributed by atoms with E-state index in [1.165, 1.54) is 18.4 Å². The highest BCUT2D eigenvalue weighted by Crippen LogP contribution is 2.49. The molecule has 1 aromatic carbocycles. The number of hydrogen-bond acceptors (Lipinski definition) is 4. The number of benzene rings is 1. The first-order valence-corrected chi connectivity index (χ1v) is 10.1. The van der Waals surface area contributed by atoms with Gasteiger partial charge in [-0.3, -0.25) is 9.69 Å². The number of nitrogens with zero attached hydrogens (tertiary/aromatic N) is 1. The number of carbonyl (C=O) groups excluding carboxylic acids is 1. The zero-order valence-electron chi connectivity index (χ0n) is 15.9. The minimum Gasteiger partial charge on any atom is -0.396 e. The average molecular weight is 357 g/mol. The molecule has 1 aliphatic heterocycles. The SMILES string of the molecule is C[C@H]1[C@H]2C(=O)c3ccc(CC(CO)CO)cc3[C@]1(C)CCN2CC1CC1. The van der Waals surface area contributed by atoms with Crippen molar-refractivity contribution in [3.05, 3.63) is 34.9 Å². The van der Waals surface area contributed by atoms with Crippen LogP contribution in [0.4, 0.5) is 0 Å². The molecule has 1 heterocycles. The van der Waals surface area contributed by atoms with Crippen LogP contribution < -0.4 is 0 Å². The molecule has 26 heavy (non-hydrogen) atoms. The number of hydrogen-bond donors (Lipinski definition) is 2. The van der Waals surface area contributed by atoms with E-state index in [4.69, 9.17) is 0 Å². The van der Waals surface area contributed by atoms with Crippen molar-refractivity contribution in [3.63, 3.8) is 0 Å². The first kappa shape index (κ1) is 18.1. The van der Waals surface area contributed by atoms with E-state index in [1.807, 2.05) is 12.1 Å². The minimum absolute atomic E-state index is 0.0155. The van der Waals surface area contributed by atoms with Crippen LogP contribution in [0.1, 0.15) is 54.6 Å². The Kier molecular flexibility index (Phi) is 4.70. The van der Waals surface area contributed by atoms with Gasteiger partial charge in [0.05, 0.1) is 6.04 Å². The number of piperidine rings is 1. The standard InChI is InChI=1S/C22H31NO3/c1-14-20-21(26)18-6-5-16(9-17(12-24)13-25)10-19(18)22(14,2)7-8-23(20)11-15-3-4-15/h5-6,10,14-15,17,20,24-25H,3-4,7-9,11-13H2,1-2H3/t14-,20-,22+/m0/s1. The maximum absolute atomic E-state index is 13.3. The van der Waals surface area contributed by atoms with E-state index in [1.54, 1.807) is 0 Å². The van der Waals surface area contributed by atoms with E-state index in [0.717, 1.165) is 36.6 Å². The normalized spacial score (nSPS) is 31.3. The number of ketones is 1. The topological polar surface area (TPSA) is 60.8 Å². The summed E-state index contributed by atoms with van der Waals surface area (Å²) in [6, 6.07) is 6.20. The van der Waals surface area contributed by atoms with Crippen molar-refractivity contribution in [2.75, 3.05) is 26.3 Å². The summed E-state index contributed by atoms with van der Waals surface area (Å²) in [6.07, 6.45) is 4.38. The summed E-state index contributed by atoms with van der Waals surface area (Å²) in [5.41, 5.74) is 3.21. The summed E-state index contributed by atoms with van der Waals surface area (Å²) >= 11 is 0. The van der Waals surface area contributed by atoms with E-state index in [9.17, 15) is 15.0 Å². The van der Waals surface area contributed by atoms with Crippen molar-refractivity contribution in [3.8, 4) is 0 Å². The lowest BCUT2D eigenvalue weighted by Gasteiger charge is -2.53. The smallest absolute Gasteiger partial charge is 0.180 e. The molecule has 0 unspecified atom stereocenters. The number of rotatable bonds is 6. The van der Waals surface area contributed by atoms with E-state index < -0.39 is 0 Å². The average Bonchev–Trinajstić information content (AvgIpc) is 3.45. The lowest BCUT2D eigenvalue weighted by atomic mass is 9.58. The highest BCUT2D eigenvalue weighted by molar-refractivity contribution is 6.03.